The van der Waals surface area contributed by atoms with Crippen LogP contribution in [0.1, 0.15) is 63.3 Å². The van der Waals surface area contributed by atoms with E-state index in [4.69, 9.17) is 14.2 Å². The first-order valence-corrected chi connectivity index (χ1v) is 18.8. The third-order valence-electron chi connectivity index (χ3n) is 10.9. The van der Waals surface area contributed by atoms with E-state index in [2.05, 4.69) is 54.8 Å². The van der Waals surface area contributed by atoms with Crippen molar-refractivity contribution in [2.45, 2.75) is 63.7 Å². The molecule has 4 aromatic rings. The molecule has 2 aromatic heterocycles. The molecule has 7 rings (SSSR count). The second-order valence-electron chi connectivity index (χ2n) is 14.7. The van der Waals surface area contributed by atoms with Gasteiger partial charge in [0.1, 0.15) is 23.7 Å². The molecule has 3 aliphatic heterocycles. The molecule has 3 fully saturated rings. The van der Waals surface area contributed by atoms with E-state index in [-0.39, 0.29) is 35.7 Å². The first kappa shape index (κ1) is 37.6. The van der Waals surface area contributed by atoms with E-state index in [1.165, 1.54) is 14.2 Å². The number of methoxy groups -OCH3 is 2. The number of likely N-dealkylation sites (tertiary alicyclic amines) is 2. The number of aromatic amines is 2. The fourth-order valence-electron chi connectivity index (χ4n) is 7.69. The highest BCUT2D eigenvalue weighted by Crippen LogP contribution is 2.35. The molecule has 15 heteroatoms. The fraction of sp³-hybridized carbons (Fsp3) is 0.450. The molecular formula is C40H48N8O7. The van der Waals surface area contributed by atoms with Crippen molar-refractivity contribution in [3.05, 3.63) is 72.6 Å². The highest BCUT2D eigenvalue weighted by Gasteiger charge is 2.42. The number of carbonyl (C=O) groups excluding carboxylic acids is 4. The average Bonchev–Trinajstić information content (AvgIpc) is 4.02. The van der Waals surface area contributed by atoms with Gasteiger partial charge in [-0.2, -0.15) is 0 Å². The van der Waals surface area contributed by atoms with Crippen molar-refractivity contribution < 1.29 is 33.4 Å². The Morgan fingerprint density at radius 2 is 1.16 bits per heavy atom. The Bertz CT molecular complexity index is 1990. The van der Waals surface area contributed by atoms with Gasteiger partial charge in [-0.1, -0.05) is 62.4 Å². The maximum absolute atomic E-state index is 13.7. The summed E-state index contributed by atoms with van der Waals surface area (Å²) in [5.74, 6) is 0.941. The van der Waals surface area contributed by atoms with Crippen LogP contribution in [0.5, 0.6) is 0 Å². The molecule has 0 saturated carbocycles. The Labute approximate surface area is 319 Å². The van der Waals surface area contributed by atoms with Gasteiger partial charge in [-0.15, -0.1) is 0 Å². The van der Waals surface area contributed by atoms with E-state index < -0.39 is 24.3 Å². The van der Waals surface area contributed by atoms with Gasteiger partial charge < -0.3 is 44.6 Å². The van der Waals surface area contributed by atoms with Crippen LogP contribution in [-0.2, 0) is 23.8 Å². The van der Waals surface area contributed by atoms with Crippen molar-refractivity contribution in [2.75, 3.05) is 40.5 Å². The maximum Gasteiger partial charge on any atom is 0.407 e. The standard InChI is InChI=1S/C40H48N8O7/c1-23(2)33(45-39(51)53-3)37(49)47-17-5-7-31(47)35-41-19-29(43-35)26-13-9-24(10-14-26)25-11-15-27(16-12-25)30-20-42-36(44-30)32-8-6-18-48(32)38(50)34(28-21-55-22-28)46-40(52)54-4/h9-16,19-20,23,28,31-34H,5-8,17-18,21-22H2,1-4H3,(H,41,43)(H,42,44)(H,45,51)(H,46,52)/t31-,32-,33?,34?/m0/s1. The molecule has 0 radical (unpaired) electrons. The van der Waals surface area contributed by atoms with Crippen molar-refractivity contribution in [3.8, 4) is 33.6 Å². The molecular weight excluding hydrogens is 704 g/mol. The molecule has 2 unspecified atom stereocenters. The zero-order chi connectivity index (χ0) is 38.6. The third-order valence-corrected chi connectivity index (χ3v) is 10.9. The van der Waals surface area contributed by atoms with Crippen molar-refractivity contribution in [1.29, 1.82) is 0 Å². The van der Waals surface area contributed by atoms with Gasteiger partial charge in [-0.3, -0.25) is 9.59 Å². The average molecular weight is 753 g/mol. The number of nitrogens with zero attached hydrogens (tertiary/aromatic N) is 4. The van der Waals surface area contributed by atoms with Gasteiger partial charge in [-0.25, -0.2) is 19.6 Å². The highest BCUT2D eigenvalue weighted by atomic mass is 16.5. The number of carbonyl (C=O) groups is 4. The van der Waals surface area contributed by atoms with Gasteiger partial charge in [0.15, 0.2) is 0 Å². The van der Waals surface area contributed by atoms with E-state index in [9.17, 15) is 19.2 Å². The van der Waals surface area contributed by atoms with Crippen LogP contribution < -0.4 is 10.6 Å². The van der Waals surface area contributed by atoms with Crippen molar-refractivity contribution in [1.82, 2.24) is 40.4 Å². The lowest BCUT2D eigenvalue weighted by Gasteiger charge is -2.36. The number of rotatable bonds is 11. The number of alkyl carbamates (subject to hydrolysis) is 2. The molecule has 3 saturated heterocycles. The topological polar surface area (TPSA) is 184 Å². The Kier molecular flexibility index (Phi) is 11.2. The predicted octanol–water partition coefficient (Wildman–Crippen LogP) is 5.21. The molecule has 0 bridgehead atoms. The minimum Gasteiger partial charge on any atom is -0.453 e. The summed E-state index contributed by atoms with van der Waals surface area (Å²) in [5.41, 5.74) is 5.76. The number of benzene rings is 2. The first-order chi connectivity index (χ1) is 26.6. The lowest BCUT2D eigenvalue weighted by molar-refractivity contribution is -0.142. The Hall–Kier alpha value is -5.70. The smallest absolute Gasteiger partial charge is 0.407 e. The highest BCUT2D eigenvalue weighted by molar-refractivity contribution is 5.87. The molecule has 4 atom stereocenters. The molecule has 4 N–H and O–H groups in total. The lowest BCUT2D eigenvalue weighted by Crippen LogP contribution is -2.56. The van der Waals surface area contributed by atoms with Crippen molar-refractivity contribution in [3.63, 3.8) is 0 Å². The van der Waals surface area contributed by atoms with E-state index in [0.29, 0.717) is 32.1 Å². The molecule has 2 aromatic carbocycles. The van der Waals surface area contributed by atoms with Gasteiger partial charge >= 0.3 is 12.2 Å². The number of H-pyrrole nitrogens is 2. The summed E-state index contributed by atoms with van der Waals surface area (Å²) < 4.78 is 14.8. The summed E-state index contributed by atoms with van der Waals surface area (Å²) in [7, 11) is 2.57. The van der Waals surface area contributed by atoms with E-state index >= 15 is 0 Å². The summed E-state index contributed by atoms with van der Waals surface area (Å²) in [6, 6.07) is 14.6. The molecule has 290 valence electrons. The fourth-order valence-corrected chi connectivity index (χ4v) is 7.69. The number of ether oxygens (including phenoxy) is 3. The number of imidazole rings is 2. The van der Waals surface area contributed by atoms with Crippen molar-refractivity contribution in [2.24, 2.45) is 11.8 Å². The second kappa shape index (κ2) is 16.3. The number of hydrogen-bond donors (Lipinski definition) is 4. The minimum atomic E-state index is -0.711. The van der Waals surface area contributed by atoms with Gasteiger partial charge in [0.2, 0.25) is 11.8 Å². The minimum absolute atomic E-state index is 0.0949. The van der Waals surface area contributed by atoms with Gasteiger partial charge in [-0.05, 0) is 53.9 Å². The van der Waals surface area contributed by atoms with Crippen LogP contribution in [0, 0.1) is 11.8 Å². The Balaban J connectivity index is 0.997. The molecule has 15 nitrogen and oxygen atoms in total. The van der Waals surface area contributed by atoms with Crippen LogP contribution in [0.4, 0.5) is 9.59 Å². The maximum atomic E-state index is 13.7. The van der Waals surface area contributed by atoms with Gasteiger partial charge in [0.05, 0.1) is 63.3 Å². The second-order valence-corrected chi connectivity index (χ2v) is 14.7. The summed E-state index contributed by atoms with van der Waals surface area (Å²) >= 11 is 0. The normalized spacial score (nSPS) is 19.5. The molecule has 55 heavy (non-hydrogen) atoms. The van der Waals surface area contributed by atoms with E-state index in [1.807, 2.05) is 38.1 Å². The SMILES string of the molecule is COC(=O)NC(C(=O)N1CCC[C@H]1c1ncc(-c2ccc(-c3ccc(-c4cnc([C@@H]5CCCN5C(=O)C(NC(=O)OC)C5COC5)[nH]4)cc3)cc2)[nH]1)C(C)C. The van der Waals surface area contributed by atoms with Crippen LogP contribution in [0.25, 0.3) is 33.6 Å². The van der Waals surface area contributed by atoms with Crippen LogP contribution in [0.15, 0.2) is 60.9 Å². The molecule has 5 heterocycles. The predicted molar refractivity (Wildman–Crippen MR) is 202 cm³/mol. The number of hydrogen-bond acceptors (Lipinski definition) is 9. The Morgan fingerprint density at radius 1 is 0.709 bits per heavy atom. The van der Waals surface area contributed by atoms with Gasteiger partial charge in [0.25, 0.3) is 0 Å². The molecule has 0 spiro atoms. The lowest BCUT2D eigenvalue weighted by atomic mass is 9.96. The molecule has 0 aliphatic carbocycles. The number of nitrogens with one attached hydrogen (secondary N) is 4. The van der Waals surface area contributed by atoms with E-state index in [1.54, 1.807) is 22.2 Å². The largest absolute Gasteiger partial charge is 0.453 e. The zero-order valence-electron chi connectivity index (χ0n) is 31.5. The Morgan fingerprint density at radius 3 is 1.60 bits per heavy atom. The van der Waals surface area contributed by atoms with Crippen LogP contribution in [0.2, 0.25) is 0 Å². The summed E-state index contributed by atoms with van der Waals surface area (Å²) in [5, 5.41) is 5.41. The quantitative estimate of drug-likeness (QED) is 0.160. The summed E-state index contributed by atoms with van der Waals surface area (Å²) in [6.07, 6.45) is 5.57. The van der Waals surface area contributed by atoms with E-state index in [0.717, 1.165) is 65.1 Å². The van der Waals surface area contributed by atoms with Crippen LogP contribution in [-0.4, -0.2) is 106 Å². The number of aromatic nitrogens is 4. The summed E-state index contributed by atoms with van der Waals surface area (Å²) in [4.78, 5) is 71.0. The molecule has 4 amide bonds. The zero-order valence-corrected chi connectivity index (χ0v) is 31.5. The van der Waals surface area contributed by atoms with Gasteiger partial charge in [0, 0.05) is 19.0 Å². The number of amides is 4. The molecule has 3 aliphatic rings. The van der Waals surface area contributed by atoms with Crippen LogP contribution >= 0.6 is 0 Å². The third kappa shape index (κ3) is 7.93. The summed E-state index contributed by atoms with van der Waals surface area (Å²) in [6.45, 7) is 5.80. The first-order valence-electron chi connectivity index (χ1n) is 18.8. The van der Waals surface area contributed by atoms with Crippen molar-refractivity contribution >= 4 is 24.0 Å². The van der Waals surface area contributed by atoms with Crippen LogP contribution in [0.3, 0.4) is 0 Å². The monoisotopic (exact) mass is 752 g/mol.